The lowest BCUT2D eigenvalue weighted by molar-refractivity contribution is 0.590. The van der Waals surface area contributed by atoms with Crippen LogP contribution < -0.4 is 5.56 Å². The van der Waals surface area contributed by atoms with Crippen LogP contribution in [0.25, 0.3) is 0 Å². The second-order valence-electron chi connectivity index (χ2n) is 7.83. The fourth-order valence-corrected chi connectivity index (χ4v) is 3.78. The molecule has 0 atom stereocenters. The molecule has 4 heteroatoms. The van der Waals surface area contributed by atoms with Crippen LogP contribution in [0.2, 0.25) is 0 Å². The zero-order chi connectivity index (χ0) is 19.4. The van der Waals surface area contributed by atoms with Crippen molar-refractivity contribution in [2.24, 2.45) is 0 Å². The highest BCUT2D eigenvalue weighted by molar-refractivity contribution is 7.98. The molecule has 0 fully saturated rings. The largest absolute Gasteiger partial charge is 0.301 e. The summed E-state index contributed by atoms with van der Waals surface area (Å²) in [5, 5.41) is 0.675. The van der Waals surface area contributed by atoms with Crippen molar-refractivity contribution in [3.05, 3.63) is 92.9 Å². The Morgan fingerprint density at radius 3 is 2.22 bits per heavy atom. The van der Waals surface area contributed by atoms with Crippen molar-refractivity contribution < 1.29 is 0 Å². The first-order chi connectivity index (χ1) is 12.8. The Morgan fingerprint density at radius 2 is 1.63 bits per heavy atom. The molecule has 0 spiro atoms. The SMILES string of the molecule is Cc1nc(SCc2ccc(C(C)(C)C)cc2)[nH]c(=O)c1Cc1ccccc1. The molecule has 0 saturated carbocycles. The predicted molar refractivity (Wildman–Crippen MR) is 114 cm³/mol. The molecule has 1 aromatic heterocycles. The van der Waals surface area contributed by atoms with Crippen molar-refractivity contribution in [1.29, 1.82) is 0 Å². The smallest absolute Gasteiger partial charge is 0.255 e. The third-order valence-corrected chi connectivity index (χ3v) is 5.56. The van der Waals surface area contributed by atoms with E-state index in [1.54, 1.807) is 11.8 Å². The number of hydrogen-bond donors (Lipinski definition) is 1. The van der Waals surface area contributed by atoms with Gasteiger partial charge in [-0.25, -0.2) is 4.98 Å². The van der Waals surface area contributed by atoms with Gasteiger partial charge < -0.3 is 4.98 Å². The molecule has 27 heavy (non-hydrogen) atoms. The molecule has 140 valence electrons. The van der Waals surface area contributed by atoms with Gasteiger partial charge in [0.15, 0.2) is 5.16 Å². The van der Waals surface area contributed by atoms with Gasteiger partial charge in [0.05, 0.1) is 0 Å². The summed E-state index contributed by atoms with van der Waals surface area (Å²) in [6.07, 6.45) is 0.605. The Morgan fingerprint density at radius 1 is 0.963 bits per heavy atom. The molecule has 0 aliphatic carbocycles. The summed E-state index contributed by atoms with van der Waals surface area (Å²) < 4.78 is 0. The van der Waals surface area contributed by atoms with Gasteiger partial charge in [0.2, 0.25) is 0 Å². The summed E-state index contributed by atoms with van der Waals surface area (Å²) in [7, 11) is 0. The van der Waals surface area contributed by atoms with Crippen molar-refractivity contribution in [1.82, 2.24) is 9.97 Å². The van der Waals surface area contributed by atoms with E-state index in [9.17, 15) is 4.79 Å². The fourth-order valence-electron chi connectivity index (χ4n) is 2.91. The lowest BCUT2D eigenvalue weighted by Gasteiger charge is -2.19. The highest BCUT2D eigenvalue weighted by Crippen LogP contribution is 2.24. The molecule has 3 aromatic rings. The number of rotatable bonds is 5. The van der Waals surface area contributed by atoms with E-state index < -0.39 is 0 Å². The minimum absolute atomic E-state index is 0.0445. The second kappa shape index (κ2) is 8.13. The van der Waals surface area contributed by atoms with E-state index in [0.29, 0.717) is 11.6 Å². The average molecular weight is 379 g/mol. The van der Waals surface area contributed by atoms with Crippen LogP contribution in [-0.4, -0.2) is 9.97 Å². The van der Waals surface area contributed by atoms with E-state index in [2.05, 4.69) is 55.0 Å². The Kier molecular flexibility index (Phi) is 5.85. The van der Waals surface area contributed by atoms with E-state index in [-0.39, 0.29) is 11.0 Å². The summed E-state index contributed by atoms with van der Waals surface area (Å²) in [6, 6.07) is 18.7. The van der Waals surface area contributed by atoms with Crippen molar-refractivity contribution in [2.75, 3.05) is 0 Å². The number of hydrogen-bond acceptors (Lipinski definition) is 3. The monoisotopic (exact) mass is 378 g/mol. The van der Waals surface area contributed by atoms with E-state index in [4.69, 9.17) is 0 Å². The lowest BCUT2D eigenvalue weighted by Crippen LogP contribution is -2.17. The zero-order valence-corrected chi connectivity index (χ0v) is 17.2. The van der Waals surface area contributed by atoms with Crippen LogP contribution in [0.4, 0.5) is 0 Å². The molecule has 0 aliphatic heterocycles. The summed E-state index contributed by atoms with van der Waals surface area (Å²) in [5.41, 5.74) is 5.31. The molecule has 1 N–H and O–H groups in total. The third-order valence-electron chi connectivity index (χ3n) is 4.62. The predicted octanol–water partition coefficient (Wildman–Crippen LogP) is 5.26. The first kappa shape index (κ1) is 19.4. The first-order valence-electron chi connectivity index (χ1n) is 9.19. The Hall–Kier alpha value is -2.33. The van der Waals surface area contributed by atoms with Crippen molar-refractivity contribution >= 4 is 11.8 Å². The summed E-state index contributed by atoms with van der Waals surface area (Å²) in [5.74, 6) is 0.783. The minimum Gasteiger partial charge on any atom is -0.301 e. The molecule has 0 unspecified atom stereocenters. The highest BCUT2D eigenvalue weighted by Gasteiger charge is 2.13. The molecule has 0 aliphatic rings. The number of benzene rings is 2. The minimum atomic E-state index is -0.0445. The van der Waals surface area contributed by atoms with Crippen LogP contribution in [0.1, 0.15) is 48.7 Å². The Balaban J connectivity index is 1.70. The molecular formula is C23H26N2OS. The summed E-state index contributed by atoms with van der Waals surface area (Å²) in [6.45, 7) is 8.55. The van der Waals surface area contributed by atoms with E-state index in [0.717, 1.165) is 22.6 Å². The topological polar surface area (TPSA) is 45.8 Å². The molecule has 3 nitrogen and oxygen atoms in total. The van der Waals surface area contributed by atoms with Gasteiger partial charge in [0.1, 0.15) is 0 Å². The average Bonchev–Trinajstić information content (AvgIpc) is 2.63. The van der Waals surface area contributed by atoms with Crippen molar-refractivity contribution in [2.45, 2.75) is 50.4 Å². The number of aromatic amines is 1. The Bertz CT molecular complexity index is 954. The molecule has 3 rings (SSSR count). The number of thioether (sulfide) groups is 1. The fraction of sp³-hybridized carbons (Fsp3) is 0.304. The van der Waals surface area contributed by atoms with Gasteiger partial charge in [-0.05, 0) is 29.0 Å². The van der Waals surface area contributed by atoms with Crippen LogP contribution in [0.3, 0.4) is 0 Å². The van der Waals surface area contributed by atoms with Gasteiger partial charge >= 0.3 is 0 Å². The van der Waals surface area contributed by atoms with E-state index >= 15 is 0 Å². The summed E-state index contributed by atoms with van der Waals surface area (Å²) in [4.78, 5) is 20.1. The van der Waals surface area contributed by atoms with Gasteiger partial charge in [-0.15, -0.1) is 0 Å². The molecule has 1 heterocycles. The van der Waals surface area contributed by atoms with E-state index in [1.165, 1.54) is 11.1 Å². The highest BCUT2D eigenvalue weighted by atomic mass is 32.2. The zero-order valence-electron chi connectivity index (χ0n) is 16.4. The maximum absolute atomic E-state index is 12.5. The standard InChI is InChI=1S/C23H26N2OS/c1-16-20(14-17-8-6-5-7-9-17)21(26)25-22(24-16)27-15-18-10-12-19(13-11-18)23(2,3)4/h5-13H,14-15H2,1-4H3,(H,24,25,26). The lowest BCUT2D eigenvalue weighted by atomic mass is 9.87. The maximum atomic E-state index is 12.5. The molecule has 0 bridgehead atoms. The molecular weight excluding hydrogens is 352 g/mol. The van der Waals surface area contributed by atoms with Gasteiger partial charge in [-0.1, -0.05) is 87.1 Å². The number of aromatic nitrogens is 2. The van der Waals surface area contributed by atoms with Crippen LogP contribution in [0, 0.1) is 6.92 Å². The van der Waals surface area contributed by atoms with Gasteiger partial charge in [0.25, 0.3) is 5.56 Å². The number of nitrogens with zero attached hydrogens (tertiary/aromatic N) is 1. The quantitative estimate of drug-likeness (QED) is 0.487. The number of aryl methyl sites for hydroxylation is 1. The Labute approximate surface area is 165 Å². The molecule has 0 radical (unpaired) electrons. The van der Waals surface area contributed by atoms with Crippen LogP contribution >= 0.6 is 11.8 Å². The normalized spacial score (nSPS) is 11.6. The van der Waals surface area contributed by atoms with Crippen LogP contribution in [-0.2, 0) is 17.6 Å². The number of nitrogens with one attached hydrogen (secondary N) is 1. The van der Waals surface area contributed by atoms with Crippen molar-refractivity contribution in [3.8, 4) is 0 Å². The summed E-state index contributed by atoms with van der Waals surface area (Å²) >= 11 is 1.56. The van der Waals surface area contributed by atoms with Gasteiger partial charge in [-0.2, -0.15) is 0 Å². The van der Waals surface area contributed by atoms with Crippen molar-refractivity contribution in [3.63, 3.8) is 0 Å². The van der Waals surface area contributed by atoms with Crippen LogP contribution in [0.5, 0.6) is 0 Å². The van der Waals surface area contributed by atoms with Gasteiger partial charge in [0, 0.05) is 23.4 Å². The third kappa shape index (κ3) is 5.10. The first-order valence-corrected chi connectivity index (χ1v) is 10.2. The van der Waals surface area contributed by atoms with Crippen LogP contribution in [0.15, 0.2) is 64.5 Å². The molecule has 0 amide bonds. The van der Waals surface area contributed by atoms with E-state index in [1.807, 2.05) is 37.3 Å². The molecule has 0 saturated heterocycles. The molecule has 2 aromatic carbocycles. The second-order valence-corrected chi connectivity index (χ2v) is 8.80. The maximum Gasteiger partial charge on any atom is 0.255 e. The number of H-pyrrole nitrogens is 1. The van der Waals surface area contributed by atoms with Gasteiger partial charge in [-0.3, -0.25) is 4.79 Å².